The van der Waals surface area contributed by atoms with E-state index in [1.165, 1.54) is 31.0 Å². The minimum absolute atomic E-state index is 0.331. The first kappa shape index (κ1) is 22.8. The second-order valence-electron chi connectivity index (χ2n) is 6.89. The number of esters is 1. The van der Waals surface area contributed by atoms with Gasteiger partial charge in [0.2, 0.25) is 5.89 Å². The van der Waals surface area contributed by atoms with Crippen molar-refractivity contribution in [2.45, 2.75) is 23.1 Å². The number of hydrogen-bond acceptors (Lipinski definition) is 7. The molecule has 33 heavy (non-hydrogen) atoms. The summed E-state index contributed by atoms with van der Waals surface area (Å²) < 4.78 is 30.1. The molecule has 168 valence electrons. The highest BCUT2D eigenvalue weighted by Crippen LogP contribution is 2.37. The largest absolute Gasteiger partial charge is 0.484 e. The van der Waals surface area contributed by atoms with Crippen LogP contribution in [0.4, 0.5) is 4.39 Å². The van der Waals surface area contributed by atoms with Gasteiger partial charge in [-0.25, -0.2) is 19.2 Å². The Balaban J connectivity index is 1.63. The van der Waals surface area contributed by atoms with Gasteiger partial charge in [-0.05, 0) is 79.3 Å². The molecule has 2 aromatic carbocycles. The number of oxazole rings is 1. The molecule has 0 aliphatic heterocycles. The van der Waals surface area contributed by atoms with E-state index < -0.39 is 12.1 Å². The molecule has 1 atom stereocenters. The average Bonchev–Trinajstić information content (AvgIpc) is 3.25. The minimum Gasteiger partial charge on any atom is -0.484 e. The lowest BCUT2D eigenvalue weighted by Crippen LogP contribution is -2.06. The third-order valence-electron chi connectivity index (χ3n) is 4.58. The number of halogens is 2. The average molecular weight is 485 g/mol. The Bertz CT molecular complexity index is 1250. The number of methoxy groups -OCH3 is 1. The van der Waals surface area contributed by atoms with Crippen LogP contribution < -0.4 is 4.74 Å². The molecule has 0 saturated heterocycles. The van der Waals surface area contributed by atoms with Crippen molar-refractivity contribution in [2.75, 3.05) is 7.11 Å². The number of aromatic nitrogens is 2. The summed E-state index contributed by atoms with van der Waals surface area (Å²) in [6.45, 7) is 1.83. The molecule has 0 unspecified atom stereocenters. The first-order chi connectivity index (χ1) is 15.9. The normalized spacial score (nSPS) is 11.8. The highest BCUT2D eigenvalue weighted by molar-refractivity contribution is 7.99. The van der Waals surface area contributed by atoms with Gasteiger partial charge in [-0.2, -0.15) is 0 Å². The lowest BCUT2D eigenvalue weighted by molar-refractivity contribution is 0.0600. The molecule has 2 aromatic heterocycles. The van der Waals surface area contributed by atoms with Crippen LogP contribution in [-0.4, -0.2) is 23.0 Å². The van der Waals surface area contributed by atoms with E-state index in [0.717, 1.165) is 0 Å². The van der Waals surface area contributed by atoms with E-state index in [4.69, 9.17) is 25.5 Å². The Kier molecular flexibility index (Phi) is 6.96. The van der Waals surface area contributed by atoms with E-state index in [0.29, 0.717) is 43.6 Å². The number of benzene rings is 2. The summed E-state index contributed by atoms with van der Waals surface area (Å²) in [7, 11) is 1.33. The van der Waals surface area contributed by atoms with E-state index in [1.807, 2.05) is 6.92 Å². The molecule has 0 aliphatic carbocycles. The van der Waals surface area contributed by atoms with Crippen LogP contribution >= 0.6 is 23.4 Å². The van der Waals surface area contributed by atoms with Gasteiger partial charge in [-0.1, -0.05) is 11.6 Å². The van der Waals surface area contributed by atoms with Crippen LogP contribution in [0.3, 0.4) is 0 Å². The lowest BCUT2D eigenvalue weighted by Gasteiger charge is -2.13. The van der Waals surface area contributed by atoms with Gasteiger partial charge in [-0.15, -0.1) is 0 Å². The first-order valence-corrected chi connectivity index (χ1v) is 11.0. The SMILES string of the molecule is COC(=O)c1ccc(O[C@H](C)c2nc(-c3ccc(F)cc3)oc2Sc2ccc(Cl)cn2)cc1. The summed E-state index contributed by atoms with van der Waals surface area (Å²) >= 11 is 7.21. The fraction of sp³-hybridized carbons (Fsp3) is 0.125. The summed E-state index contributed by atoms with van der Waals surface area (Å²) in [6.07, 6.45) is 1.05. The molecule has 0 bridgehead atoms. The van der Waals surface area contributed by atoms with Crippen LogP contribution in [0.2, 0.25) is 5.02 Å². The predicted octanol–water partition coefficient (Wildman–Crippen LogP) is 6.61. The first-order valence-electron chi connectivity index (χ1n) is 9.84. The molecule has 0 saturated carbocycles. The fourth-order valence-electron chi connectivity index (χ4n) is 2.93. The number of rotatable bonds is 7. The van der Waals surface area contributed by atoms with Crippen LogP contribution in [0.15, 0.2) is 81.4 Å². The van der Waals surface area contributed by atoms with Crippen molar-refractivity contribution >= 4 is 29.3 Å². The second-order valence-corrected chi connectivity index (χ2v) is 8.32. The van der Waals surface area contributed by atoms with Crippen LogP contribution in [-0.2, 0) is 4.74 Å². The summed E-state index contributed by atoms with van der Waals surface area (Å²) in [5, 5.41) is 1.68. The molecule has 0 N–H and O–H groups in total. The monoisotopic (exact) mass is 484 g/mol. The number of pyridine rings is 1. The number of nitrogens with zero attached hydrogens (tertiary/aromatic N) is 2. The maximum atomic E-state index is 13.4. The quantitative estimate of drug-likeness (QED) is 0.273. The van der Waals surface area contributed by atoms with Crippen molar-refractivity contribution in [3.05, 3.63) is 89.0 Å². The Morgan fingerprint density at radius 2 is 1.82 bits per heavy atom. The number of hydrogen-bond donors (Lipinski definition) is 0. The Morgan fingerprint density at radius 3 is 2.45 bits per heavy atom. The van der Waals surface area contributed by atoms with Crippen LogP contribution in [0.5, 0.6) is 5.75 Å². The van der Waals surface area contributed by atoms with Crippen molar-refractivity contribution in [3.8, 4) is 17.2 Å². The molecule has 0 radical (unpaired) electrons. The highest BCUT2D eigenvalue weighted by atomic mass is 35.5. The minimum atomic E-state index is -0.498. The van der Waals surface area contributed by atoms with Crippen LogP contribution in [0.1, 0.15) is 29.1 Å². The zero-order valence-corrected chi connectivity index (χ0v) is 19.2. The summed E-state index contributed by atoms with van der Waals surface area (Å²) in [4.78, 5) is 20.6. The van der Waals surface area contributed by atoms with E-state index in [1.54, 1.807) is 54.7 Å². The lowest BCUT2D eigenvalue weighted by atomic mass is 10.2. The fourth-order valence-corrected chi connectivity index (χ4v) is 3.91. The number of carbonyl (C=O) groups excluding carboxylic acids is 1. The van der Waals surface area contributed by atoms with Gasteiger partial charge in [0.05, 0.1) is 17.7 Å². The van der Waals surface area contributed by atoms with E-state index in [-0.39, 0.29) is 5.82 Å². The molecule has 9 heteroatoms. The van der Waals surface area contributed by atoms with Gasteiger partial charge >= 0.3 is 5.97 Å². The third-order valence-corrected chi connectivity index (χ3v) is 5.73. The molecule has 2 heterocycles. The van der Waals surface area contributed by atoms with Crippen molar-refractivity contribution in [1.82, 2.24) is 9.97 Å². The van der Waals surface area contributed by atoms with Gasteiger partial charge in [0, 0.05) is 11.8 Å². The summed E-state index contributed by atoms with van der Waals surface area (Å²) in [6, 6.07) is 16.0. The zero-order chi connectivity index (χ0) is 23.4. The number of carbonyl (C=O) groups is 1. The van der Waals surface area contributed by atoms with Crippen molar-refractivity contribution in [2.24, 2.45) is 0 Å². The topological polar surface area (TPSA) is 74.5 Å². The molecule has 0 fully saturated rings. The molecule has 0 amide bonds. The molecule has 0 spiro atoms. The third kappa shape index (κ3) is 5.53. The number of ether oxygens (including phenoxy) is 2. The highest BCUT2D eigenvalue weighted by Gasteiger charge is 2.23. The predicted molar refractivity (Wildman–Crippen MR) is 122 cm³/mol. The van der Waals surface area contributed by atoms with Gasteiger partial charge < -0.3 is 13.9 Å². The molecule has 4 rings (SSSR count). The standard InChI is InChI=1S/C24H18ClFN2O4S/c1-14(31-19-10-5-16(6-11-19)23(29)30-2)21-24(33-20-12-7-17(25)13-27-20)32-22(28-21)15-3-8-18(26)9-4-15/h3-14H,1-2H3/t14-/m1/s1. The van der Waals surface area contributed by atoms with Gasteiger partial charge in [0.1, 0.15) is 28.4 Å². The summed E-state index contributed by atoms with van der Waals surface area (Å²) in [5.74, 6) is 0.0989. The molecular formula is C24H18ClFN2O4S. The van der Waals surface area contributed by atoms with Gasteiger partial charge in [-0.3, -0.25) is 0 Å². The van der Waals surface area contributed by atoms with Gasteiger partial charge in [0.15, 0.2) is 5.09 Å². The van der Waals surface area contributed by atoms with Crippen molar-refractivity contribution < 1.29 is 23.1 Å². The molecule has 0 aliphatic rings. The second kappa shape index (κ2) is 10.1. The van der Waals surface area contributed by atoms with Crippen molar-refractivity contribution in [3.63, 3.8) is 0 Å². The van der Waals surface area contributed by atoms with Crippen LogP contribution in [0.25, 0.3) is 11.5 Å². The Labute approximate surface area is 198 Å². The zero-order valence-electron chi connectivity index (χ0n) is 17.6. The van der Waals surface area contributed by atoms with Gasteiger partial charge in [0.25, 0.3) is 0 Å². The Morgan fingerprint density at radius 1 is 1.09 bits per heavy atom. The van der Waals surface area contributed by atoms with E-state index in [2.05, 4.69) is 9.97 Å². The van der Waals surface area contributed by atoms with Crippen LogP contribution in [0, 0.1) is 5.82 Å². The van der Waals surface area contributed by atoms with Crippen molar-refractivity contribution in [1.29, 1.82) is 0 Å². The molecule has 4 aromatic rings. The summed E-state index contributed by atoms with van der Waals surface area (Å²) in [5.41, 5.74) is 1.60. The Hall–Kier alpha value is -3.36. The molecule has 6 nitrogen and oxygen atoms in total. The molecular weight excluding hydrogens is 467 g/mol. The smallest absolute Gasteiger partial charge is 0.337 e. The maximum Gasteiger partial charge on any atom is 0.337 e. The van der Waals surface area contributed by atoms with E-state index >= 15 is 0 Å². The maximum absolute atomic E-state index is 13.4. The van der Waals surface area contributed by atoms with E-state index in [9.17, 15) is 9.18 Å².